The predicted molar refractivity (Wildman–Crippen MR) is 70.6 cm³/mol. The van der Waals surface area contributed by atoms with Crippen LogP contribution in [0.5, 0.6) is 0 Å². The quantitative estimate of drug-likeness (QED) is 0.529. The molecule has 0 heterocycles. The van der Waals surface area contributed by atoms with Gasteiger partial charge in [-0.3, -0.25) is 4.79 Å². The second-order valence-electron chi connectivity index (χ2n) is 4.50. The van der Waals surface area contributed by atoms with Crippen LogP contribution in [0.25, 0.3) is 0 Å². The number of ether oxygens (including phenoxy) is 1. The molecule has 0 spiro atoms. The van der Waals surface area contributed by atoms with Crippen LogP contribution in [0.1, 0.15) is 55.5 Å². The third-order valence-corrected chi connectivity index (χ3v) is 2.80. The Kier molecular flexibility index (Phi) is 5.92. The largest absolute Gasteiger partial charge is 0.382 e. The average Bonchev–Trinajstić information content (AvgIpc) is 2.34. The van der Waals surface area contributed by atoms with Gasteiger partial charge in [0.2, 0.25) is 0 Å². The first-order valence-corrected chi connectivity index (χ1v) is 6.36. The van der Waals surface area contributed by atoms with Crippen molar-refractivity contribution in [2.24, 2.45) is 0 Å². The van der Waals surface area contributed by atoms with Gasteiger partial charge in [0, 0.05) is 25.2 Å². The molecule has 0 saturated carbocycles. The van der Waals surface area contributed by atoms with E-state index in [1.807, 2.05) is 31.2 Å². The van der Waals surface area contributed by atoms with Crippen molar-refractivity contribution in [3.05, 3.63) is 35.4 Å². The van der Waals surface area contributed by atoms with E-state index in [1.165, 1.54) is 5.56 Å². The zero-order chi connectivity index (χ0) is 12.7. The van der Waals surface area contributed by atoms with Gasteiger partial charge in [-0.2, -0.15) is 0 Å². The van der Waals surface area contributed by atoms with E-state index in [1.54, 1.807) is 0 Å². The molecule has 0 N–H and O–H groups in total. The highest BCUT2D eigenvalue weighted by molar-refractivity contribution is 5.96. The zero-order valence-corrected chi connectivity index (χ0v) is 11.0. The minimum absolute atomic E-state index is 0.208. The van der Waals surface area contributed by atoms with Crippen molar-refractivity contribution in [2.45, 2.75) is 39.5 Å². The maximum atomic E-state index is 11.8. The molecule has 1 aromatic rings. The Hall–Kier alpha value is -1.15. The molecule has 0 unspecified atom stereocenters. The minimum Gasteiger partial charge on any atom is -0.382 e. The average molecular weight is 234 g/mol. The van der Waals surface area contributed by atoms with E-state index >= 15 is 0 Å². The van der Waals surface area contributed by atoms with Gasteiger partial charge in [-0.05, 0) is 24.8 Å². The fraction of sp³-hybridized carbons (Fsp3) is 0.533. The van der Waals surface area contributed by atoms with Gasteiger partial charge in [-0.15, -0.1) is 0 Å². The standard InChI is InChI=1S/C15H22O2/c1-4-17-11-5-6-15(16)14-9-7-13(8-10-14)12(2)3/h7-10,12H,4-6,11H2,1-3H3. The van der Waals surface area contributed by atoms with Crippen molar-refractivity contribution in [3.8, 4) is 0 Å². The monoisotopic (exact) mass is 234 g/mol. The van der Waals surface area contributed by atoms with Crippen LogP contribution >= 0.6 is 0 Å². The van der Waals surface area contributed by atoms with Crippen LogP contribution in [0.15, 0.2) is 24.3 Å². The number of rotatable bonds is 7. The second kappa shape index (κ2) is 7.23. The fourth-order valence-corrected chi connectivity index (χ4v) is 1.68. The topological polar surface area (TPSA) is 26.3 Å². The first-order valence-electron chi connectivity index (χ1n) is 6.36. The van der Waals surface area contributed by atoms with Crippen molar-refractivity contribution in [2.75, 3.05) is 13.2 Å². The summed E-state index contributed by atoms with van der Waals surface area (Å²) in [5, 5.41) is 0. The highest BCUT2D eigenvalue weighted by Crippen LogP contribution is 2.15. The molecule has 0 atom stereocenters. The van der Waals surface area contributed by atoms with Crippen LogP contribution < -0.4 is 0 Å². The van der Waals surface area contributed by atoms with E-state index in [0.29, 0.717) is 18.9 Å². The maximum Gasteiger partial charge on any atom is 0.162 e. The lowest BCUT2D eigenvalue weighted by atomic mass is 9.99. The normalized spacial score (nSPS) is 10.8. The van der Waals surface area contributed by atoms with E-state index in [4.69, 9.17) is 4.74 Å². The van der Waals surface area contributed by atoms with Crippen LogP contribution in [0.2, 0.25) is 0 Å². The van der Waals surface area contributed by atoms with Crippen LogP contribution in [-0.4, -0.2) is 19.0 Å². The second-order valence-corrected chi connectivity index (χ2v) is 4.50. The lowest BCUT2D eigenvalue weighted by Crippen LogP contribution is -2.02. The Morgan fingerprint density at radius 3 is 2.41 bits per heavy atom. The molecule has 2 nitrogen and oxygen atoms in total. The van der Waals surface area contributed by atoms with Gasteiger partial charge in [0.15, 0.2) is 5.78 Å². The zero-order valence-electron chi connectivity index (χ0n) is 11.0. The third-order valence-electron chi connectivity index (χ3n) is 2.80. The Labute approximate surface area is 104 Å². The number of carbonyl (C=O) groups is 1. The highest BCUT2D eigenvalue weighted by atomic mass is 16.5. The number of ketones is 1. The summed E-state index contributed by atoms with van der Waals surface area (Å²) in [6, 6.07) is 7.94. The summed E-state index contributed by atoms with van der Waals surface area (Å²) in [5.74, 6) is 0.720. The van der Waals surface area contributed by atoms with Crippen LogP contribution in [0, 0.1) is 0 Å². The molecule has 0 aromatic heterocycles. The van der Waals surface area contributed by atoms with Crippen molar-refractivity contribution in [1.82, 2.24) is 0 Å². The molecule has 94 valence electrons. The molecule has 0 fully saturated rings. The summed E-state index contributed by atoms with van der Waals surface area (Å²) < 4.78 is 5.22. The smallest absolute Gasteiger partial charge is 0.162 e. The van der Waals surface area contributed by atoms with Gasteiger partial charge in [0.1, 0.15) is 0 Å². The summed E-state index contributed by atoms with van der Waals surface area (Å²) in [4.78, 5) is 11.8. The van der Waals surface area contributed by atoms with Crippen molar-refractivity contribution in [3.63, 3.8) is 0 Å². The number of Topliss-reactive ketones (excluding diaryl/α,β-unsaturated/α-hetero) is 1. The number of hydrogen-bond acceptors (Lipinski definition) is 2. The summed E-state index contributed by atoms with van der Waals surface area (Å²) in [6.45, 7) is 7.66. The van der Waals surface area contributed by atoms with Gasteiger partial charge in [-0.25, -0.2) is 0 Å². The molecule has 0 radical (unpaired) electrons. The molecule has 1 aromatic carbocycles. The number of hydrogen-bond donors (Lipinski definition) is 0. The molecule has 0 aliphatic heterocycles. The van der Waals surface area contributed by atoms with Crippen molar-refractivity contribution < 1.29 is 9.53 Å². The van der Waals surface area contributed by atoms with Crippen molar-refractivity contribution in [1.29, 1.82) is 0 Å². The van der Waals surface area contributed by atoms with Gasteiger partial charge in [0.25, 0.3) is 0 Å². The summed E-state index contributed by atoms with van der Waals surface area (Å²) in [5.41, 5.74) is 2.08. The first-order chi connectivity index (χ1) is 8.15. The van der Waals surface area contributed by atoms with Crippen molar-refractivity contribution >= 4 is 5.78 Å². The SMILES string of the molecule is CCOCCCC(=O)c1ccc(C(C)C)cc1. The molecular weight excluding hydrogens is 212 g/mol. The molecule has 0 aliphatic carbocycles. The van der Waals surface area contributed by atoms with Gasteiger partial charge in [-0.1, -0.05) is 38.1 Å². The lowest BCUT2D eigenvalue weighted by Gasteiger charge is -2.06. The van der Waals surface area contributed by atoms with E-state index in [0.717, 1.165) is 18.6 Å². The first kappa shape index (κ1) is 13.9. The molecular formula is C15H22O2. The molecule has 0 bridgehead atoms. The van der Waals surface area contributed by atoms with E-state index in [9.17, 15) is 4.79 Å². The maximum absolute atomic E-state index is 11.8. The highest BCUT2D eigenvalue weighted by Gasteiger charge is 2.06. The van der Waals surface area contributed by atoms with Gasteiger partial charge in [0.05, 0.1) is 0 Å². The van der Waals surface area contributed by atoms with E-state index < -0.39 is 0 Å². The van der Waals surface area contributed by atoms with E-state index in [-0.39, 0.29) is 5.78 Å². The Bertz CT molecular complexity index is 338. The Morgan fingerprint density at radius 1 is 1.24 bits per heavy atom. The summed E-state index contributed by atoms with van der Waals surface area (Å²) in [7, 11) is 0. The summed E-state index contributed by atoms with van der Waals surface area (Å²) in [6.07, 6.45) is 1.37. The minimum atomic E-state index is 0.208. The molecule has 2 heteroatoms. The van der Waals surface area contributed by atoms with E-state index in [2.05, 4.69) is 13.8 Å². The molecule has 0 amide bonds. The fourth-order valence-electron chi connectivity index (χ4n) is 1.68. The predicted octanol–water partition coefficient (Wildman–Crippen LogP) is 3.81. The molecule has 0 saturated heterocycles. The Morgan fingerprint density at radius 2 is 1.88 bits per heavy atom. The van der Waals surface area contributed by atoms with Crippen LogP contribution in [0.4, 0.5) is 0 Å². The Balaban J connectivity index is 2.46. The number of carbonyl (C=O) groups excluding carboxylic acids is 1. The third kappa shape index (κ3) is 4.70. The van der Waals surface area contributed by atoms with Gasteiger partial charge >= 0.3 is 0 Å². The van der Waals surface area contributed by atoms with Gasteiger partial charge < -0.3 is 4.74 Å². The lowest BCUT2D eigenvalue weighted by molar-refractivity contribution is 0.0947. The number of benzene rings is 1. The molecule has 1 rings (SSSR count). The van der Waals surface area contributed by atoms with Crippen LogP contribution in [-0.2, 0) is 4.74 Å². The summed E-state index contributed by atoms with van der Waals surface area (Å²) >= 11 is 0. The molecule has 0 aliphatic rings. The molecule has 17 heavy (non-hydrogen) atoms. The van der Waals surface area contributed by atoms with Crippen LogP contribution in [0.3, 0.4) is 0 Å².